The molecule has 0 amide bonds. The van der Waals surface area contributed by atoms with Gasteiger partial charge in [-0.2, -0.15) is 0 Å². The van der Waals surface area contributed by atoms with Gasteiger partial charge in [0.1, 0.15) is 11.6 Å². The summed E-state index contributed by atoms with van der Waals surface area (Å²) in [4.78, 5) is 10.2. The maximum atomic E-state index is 5.13. The standard InChI is InChI=1S/C60H42N4/c1-63-55-33-29-47(37-53(55)61-59(63)43-19-11-5-12-20-43)40-25-23-39(24-26-40)45-27-31-49-51(35-45)57(41-15-7-3-8-16-41)50-32-28-46(36-52(50)58(49)42-17-9-4-10-18-42)48-30-34-56-54(38-48)62-60(64(56)2)44-21-13-6-14-22-44/h3-38H,1-2H3. The molecule has 2 heterocycles. The summed E-state index contributed by atoms with van der Waals surface area (Å²) in [5.41, 5.74) is 18.3. The minimum Gasteiger partial charge on any atom is -0.327 e. The van der Waals surface area contributed by atoms with Crippen molar-refractivity contribution in [3.05, 3.63) is 218 Å². The molecule has 0 aliphatic rings. The van der Waals surface area contributed by atoms with Gasteiger partial charge >= 0.3 is 0 Å². The largest absolute Gasteiger partial charge is 0.327 e. The van der Waals surface area contributed by atoms with E-state index in [0.717, 1.165) is 67.1 Å². The fraction of sp³-hybridized carbons (Fsp3) is 0.0333. The maximum Gasteiger partial charge on any atom is 0.140 e. The van der Waals surface area contributed by atoms with Gasteiger partial charge < -0.3 is 9.13 Å². The summed E-state index contributed by atoms with van der Waals surface area (Å²) in [7, 11) is 4.19. The van der Waals surface area contributed by atoms with Crippen molar-refractivity contribution >= 4 is 43.6 Å². The summed E-state index contributed by atoms with van der Waals surface area (Å²) in [5, 5.41) is 4.89. The molecule has 4 heteroatoms. The van der Waals surface area contributed by atoms with Crippen LogP contribution in [0.1, 0.15) is 0 Å². The third-order valence-electron chi connectivity index (χ3n) is 13.0. The van der Waals surface area contributed by atoms with E-state index in [1.54, 1.807) is 0 Å². The Balaban J connectivity index is 0.988. The third kappa shape index (κ3) is 6.30. The van der Waals surface area contributed by atoms with Crippen LogP contribution in [0.15, 0.2) is 218 Å². The van der Waals surface area contributed by atoms with Crippen LogP contribution in [0.2, 0.25) is 0 Å². The first-order chi connectivity index (χ1) is 31.6. The lowest BCUT2D eigenvalue weighted by molar-refractivity contribution is 0.959. The van der Waals surface area contributed by atoms with Crippen molar-refractivity contribution < 1.29 is 0 Å². The zero-order valence-corrected chi connectivity index (χ0v) is 35.6. The number of benzene rings is 10. The fourth-order valence-corrected chi connectivity index (χ4v) is 9.72. The van der Waals surface area contributed by atoms with Gasteiger partial charge in [-0.05, 0) is 114 Å². The molecule has 64 heavy (non-hydrogen) atoms. The Morgan fingerprint density at radius 2 is 0.578 bits per heavy atom. The van der Waals surface area contributed by atoms with Gasteiger partial charge in [-0.25, -0.2) is 9.97 Å². The van der Waals surface area contributed by atoms with Crippen molar-refractivity contribution in [3.63, 3.8) is 0 Å². The molecule has 0 spiro atoms. The van der Waals surface area contributed by atoms with E-state index in [2.05, 4.69) is 229 Å². The number of rotatable bonds is 7. The van der Waals surface area contributed by atoms with E-state index >= 15 is 0 Å². The monoisotopic (exact) mass is 818 g/mol. The molecule has 2 aromatic heterocycles. The van der Waals surface area contributed by atoms with E-state index in [-0.39, 0.29) is 0 Å². The summed E-state index contributed by atoms with van der Waals surface area (Å²) in [6.45, 7) is 0. The lowest BCUT2D eigenvalue weighted by Crippen LogP contribution is -1.93. The number of nitrogens with zero attached hydrogens (tertiary/aromatic N) is 4. The molecule has 12 rings (SSSR count). The van der Waals surface area contributed by atoms with Crippen LogP contribution in [-0.2, 0) is 14.1 Å². The van der Waals surface area contributed by atoms with E-state index in [1.807, 2.05) is 12.1 Å². The lowest BCUT2D eigenvalue weighted by atomic mass is 9.84. The molecule has 0 saturated carbocycles. The molecule has 4 nitrogen and oxygen atoms in total. The van der Waals surface area contributed by atoms with Gasteiger partial charge in [0.15, 0.2) is 0 Å². The number of imidazole rings is 2. The quantitative estimate of drug-likeness (QED) is 0.150. The highest BCUT2D eigenvalue weighted by atomic mass is 15.1. The minimum absolute atomic E-state index is 0.965. The summed E-state index contributed by atoms with van der Waals surface area (Å²) in [6, 6.07) is 78.9. The van der Waals surface area contributed by atoms with Crippen molar-refractivity contribution in [2.75, 3.05) is 0 Å². The predicted octanol–water partition coefficient (Wildman–Crippen LogP) is 15.4. The van der Waals surface area contributed by atoms with Crippen LogP contribution in [0.4, 0.5) is 0 Å². The van der Waals surface area contributed by atoms with Gasteiger partial charge in [0.2, 0.25) is 0 Å². The van der Waals surface area contributed by atoms with Crippen LogP contribution in [-0.4, -0.2) is 19.1 Å². The Labute approximate surface area is 372 Å². The van der Waals surface area contributed by atoms with E-state index in [0.29, 0.717) is 0 Å². The van der Waals surface area contributed by atoms with Gasteiger partial charge in [-0.3, -0.25) is 0 Å². The van der Waals surface area contributed by atoms with Gasteiger partial charge in [-0.15, -0.1) is 0 Å². The molecule has 12 aromatic rings. The average molecular weight is 819 g/mol. The van der Waals surface area contributed by atoms with Crippen molar-refractivity contribution in [2.24, 2.45) is 14.1 Å². The Hall–Kier alpha value is -8.34. The number of aryl methyl sites for hydroxylation is 2. The molecule has 0 N–H and O–H groups in total. The fourth-order valence-electron chi connectivity index (χ4n) is 9.72. The molecular weight excluding hydrogens is 777 g/mol. The molecule has 10 aromatic carbocycles. The highest BCUT2D eigenvalue weighted by molar-refractivity contribution is 6.22. The summed E-state index contributed by atoms with van der Waals surface area (Å²) in [6.07, 6.45) is 0. The van der Waals surface area contributed by atoms with Crippen molar-refractivity contribution in [1.82, 2.24) is 19.1 Å². The second-order valence-electron chi connectivity index (χ2n) is 16.7. The lowest BCUT2D eigenvalue weighted by Gasteiger charge is -2.19. The molecule has 0 aliphatic carbocycles. The molecule has 0 aliphatic heterocycles. The van der Waals surface area contributed by atoms with E-state index in [1.165, 1.54) is 54.9 Å². The molecule has 0 saturated heterocycles. The second kappa shape index (κ2) is 15.2. The van der Waals surface area contributed by atoms with Crippen molar-refractivity contribution in [1.29, 1.82) is 0 Å². The Morgan fingerprint density at radius 1 is 0.266 bits per heavy atom. The smallest absolute Gasteiger partial charge is 0.140 e. The van der Waals surface area contributed by atoms with Gasteiger partial charge in [-0.1, -0.05) is 182 Å². The van der Waals surface area contributed by atoms with Crippen molar-refractivity contribution in [2.45, 2.75) is 0 Å². The predicted molar refractivity (Wildman–Crippen MR) is 268 cm³/mol. The molecular formula is C60H42N4. The Kier molecular flexibility index (Phi) is 8.91. The number of fused-ring (bicyclic) bond motifs is 4. The molecule has 0 radical (unpaired) electrons. The average Bonchev–Trinajstić information content (AvgIpc) is 3.88. The van der Waals surface area contributed by atoms with Gasteiger partial charge in [0.05, 0.1) is 22.1 Å². The first-order valence-corrected chi connectivity index (χ1v) is 21.8. The zero-order valence-electron chi connectivity index (χ0n) is 35.6. The Bertz CT molecular complexity index is 3700. The number of hydrogen-bond donors (Lipinski definition) is 0. The molecule has 0 bridgehead atoms. The van der Waals surface area contributed by atoms with E-state index < -0.39 is 0 Å². The topological polar surface area (TPSA) is 35.6 Å². The maximum absolute atomic E-state index is 5.13. The van der Waals surface area contributed by atoms with Crippen LogP contribution in [0, 0.1) is 0 Å². The zero-order chi connectivity index (χ0) is 42.7. The normalized spacial score (nSPS) is 11.6. The first kappa shape index (κ1) is 37.4. The summed E-state index contributed by atoms with van der Waals surface area (Å²) in [5.74, 6) is 1.94. The van der Waals surface area contributed by atoms with E-state index in [4.69, 9.17) is 9.97 Å². The van der Waals surface area contributed by atoms with E-state index in [9.17, 15) is 0 Å². The highest BCUT2D eigenvalue weighted by Crippen LogP contribution is 2.46. The van der Waals surface area contributed by atoms with Crippen LogP contribution < -0.4 is 0 Å². The second-order valence-corrected chi connectivity index (χ2v) is 16.7. The minimum atomic E-state index is 0.965. The van der Waals surface area contributed by atoms with Crippen molar-refractivity contribution in [3.8, 4) is 78.4 Å². The van der Waals surface area contributed by atoms with Crippen LogP contribution in [0.3, 0.4) is 0 Å². The van der Waals surface area contributed by atoms with Gasteiger partial charge in [0, 0.05) is 25.2 Å². The number of hydrogen-bond acceptors (Lipinski definition) is 2. The third-order valence-corrected chi connectivity index (χ3v) is 13.0. The summed E-state index contributed by atoms with van der Waals surface area (Å²) >= 11 is 0. The Morgan fingerprint density at radius 3 is 0.984 bits per heavy atom. The number of aromatic nitrogens is 4. The first-order valence-electron chi connectivity index (χ1n) is 21.8. The summed E-state index contributed by atoms with van der Waals surface area (Å²) < 4.78 is 4.36. The molecule has 302 valence electrons. The van der Waals surface area contributed by atoms with Crippen LogP contribution in [0.25, 0.3) is 122 Å². The molecule has 0 atom stereocenters. The van der Waals surface area contributed by atoms with Crippen LogP contribution in [0.5, 0.6) is 0 Å². The molecule has 0 unspecified atom stereocenters. The molecule has 0 fully saturated rings. The highest BCUT2D eigenvalue weighted by Gasteiger charge is 2.20. The van der Waals surface area contributed by atoms with Gasteiger partial charge in [0.25, 0.3) is 0 Å². The SMILES string of the molecule is Cn1c(-c2ccccc2)nc2cc(-c3ccc(-c4ccc5c(-c6ccccc6)c6cc(-c7ccc8c(c7)nc(-c7ccccc7)n8C)ccc6c(-c6ccccc6)c5c4)cc3)ccc21. The van der Waals surface area contributed by atoms with Crippen LogP contribution >= 0.6 is 0 Å².